The number of amides is 1. The lowest BCUT2D eigenvalue weighted by Crippen LogP contribution is -2.43. The molecule has 64 heavy (non-hydrogen) atoms. The van der Waals surface area contributed by atoms with E-state index in [4.69, 9.17) is 13.8 Å². The summed E-state index contributed by atoms with van der Waals surface area (Å²) in [7, 11) is -4.78. The van der Waals surface area contributed by atoms with E-state index in [0.29, 0.717) is 19.3 Å². The Balaban J connectivity index is 3.99. The van der Waals surface area contributed by atoms with Crippen molar-refractivity contribution in [1.29, 1.82) is 0 Å². The zero-order valence-corrected chi connectivity index (χ0v) is 40.4. The number of esters is 1. The number of aliphatic carboxylic acids is 1. The molecule has 0 saturated carbocycles. The molecule has 3 atom stereocenters. The number of phosphoric ester groups is 1. The van der Waals surface area contributed by atoms with Crippen LogP contribution >= 0.6 is 7.82 Å². The smallest absolute Gasteiger partial charge is 0.472 e. The number of aliphatic hydroxyl groups excluding tert-OH is 1. The number of aliphatic hydroxyl groups is 1. The molecular formula is C52H86NO10P. The summed E-state index contributed by atoms with van der Waals surface area (Å²) >= 11 is 0. The average molecular weight is 916 g/mol. The van der Waals surface area contributed by atoms with Gasteiger partial charge in [-0.2, -0.15) is 0 Å². The van der Waals surface area contributed by atoms with E-state index in [1.54, 1.807) is 0 Å². The number of hydrogen-bond acceptors (Lipinski definition) is 8. The van der Waals surface area contributed by atoms with Crippen LogP contribution in [0, 0.1) is 0 Å². The predicted octanol–water partition coefficient (Wildman–Crippen LogP) is 13.2. The van der Waals surface area contributed by atoms with Crippen LogP contribution in [0.3, 0.4) is 0 Å². The van der Waals surface area contributed by atoms with Crippen LogP contribution in [0.2, 0.25) is 0 Å². The molecule has 0 fully saturated rings. The van der Waals surface area contributed by atoms with Crippen LogP contribution in [-0.2, 0) is 32.7 Å². The highest BCUT2D eigenvalue weighted by Crippen LogP contribution is 2.43. The first-order chi connectivity index (χ1) is 31.1. The molecule has 0 rings (SSSR count). The summed E-state index contributed by atoms with van der Waals surface area (Å²) < 4.78 is 26.9. The molecule has 0 aromatic heterocycles. The first-order valence-electron chi connectivity index (χ1n) is 24.3. The summed E-state index contributed by atoms with van der Waals surface area (Å²) in [5.41, 5.74) is 0. The van der Waals surface area contributed by atoms with Crippen LogP contribution < -0.4 is 5.32 Å². The van der Waals surface area contributed by atoms with Gasteiger partial charge in [0.25, 0.3) is 0 Å². The molecule has 0 aromatic carbocycles. The largest absolute Gasteiger partial charge is 0.480 e. The van der Waals surface area contributed by atoms with Gasteiger partial charge >= 0.3 is 19.8 Å². The van der Waals surface area contributed by atoms with Crippen LogP contribution in [0.15, 0.2) is 97.2 Å². The quantitative estimate of drug-likeness (QED) is 0.0200. The summed E-state index contributed by atoms with van der Waals surface area (Å²) in [6.07, 6.45) is 58.6. The van der Waals surface area contributed by atoms with E-state index in [0.717, 1.165) is 70.6 Å². The van der Waals surface area contributed by atoms with Crippen LogP contribution in [0.1, 0.15) is 181 Å². The lowest BCUT2D eigenvalue weighted by atomic mass is 10.1. The summed E-state index contributed by atoms with van der Waals surface area (Å²) in [5, 5.41) is 21.8. The van der Waals surface area contributed by atoms with Crippen molar-refractivity contribution in [1.82, 2.24) is 5.32 Å². The highest BCUT2D eigenvalue weighted by Gasteiger charge is 2.28. The van der Waals surface area contributed by atoms with E-state index >= 15 is 0 Å². The summed E-state index contributed by atoms with van der Waals surface area (Å²) in [6.45, 7) is 2.43. The Morgan fingerprint density at radius 1 is 0.516 bits per heavy atom. The second-order valence-corrected chi connectivity index (χ2v) is 17.4. The number of carboxylic acid groups (broad SMARTS) is 1. The second kappa shape index (κ2) is 45.9. The number of nitrogens with one attached hydrogen (secondary N) is 1. The topological polar surface area (TPSA) is 169 Å². The van der Waals surface area contributed by atoms with Gasteiger partial charge in [-0.3, -0.25) is 18.6 Å². The molecule has 1 amide bonds. The van der Waals surface area contributed by atoms with Gasteiger partial charge in [-0.05, 0) is 89.9 Å². The number of hydrogen-bond donors (Lipinski definition) is 4. The van der Waals surface area contributed by atoms with Gasteiger partial charge in [0.15, 0.2) is 6.04 Å². The highest BCUT2D eigenvalue weighted by atomic mass is 31.2. The van der Waals surface area contributed by atoms with Crippen molar-refractivity contribution in [2.75, 3.05) is 19.8 Å². The number of carboxylic acids is 1. The monoisotopic (exact) mass is 916 g/mol. The number of carbonyl (C=O) groups excluding carboxylic acids is 2. The molecule has 12 heteroatoms. The molecule has 0 bridgehead atoms. The molecule has 4 N–H and O–H groups in total. The lowest BCUT2D eigenvalue weighted by Gasteiger charge is -2.18. The van der Waals surface area contributed by atoms with E-state index in [1.807, 2.05) is 12.2 Å². The Morgan fingerprint density at radius 2 is 0.922 bits per heavy atom. The fourth-order valence-electron chi connectivity index (χ4n) is 6.12. The zero-order chi connectivity index (χ0) is 47.0. The Kier molecular flexibility index (Phi) is 43.4. The van der Waals surface area contributed by atoms with Gasteiger partial charge in [0.2, 0.25) is 5.91 Å². The molecule has 364 valence electrons. The number of phosphoric acid groups is 1. The van der Waals surface area contributed by atoms with E-state index < -0.39 is 57.6 Å². The van der Waals surface area contributed by atoms with E-state index in [1.165, 1.54) is 64.2 Å². The minimum atomic E-state index is -4.78. The maximum Gasteiger partial charge on any atom is 0.472 e. The molecule has 0 radical (unpaired) electrons. The van der Waals surface area contributed by atoms with Crippen molar-refractivity contribution in [2.24, 2.45) is 0 Å². The Labute approximate surface area is 387 Å². The summed E-state index contributed by atoms with van der Waals surface area (Å²) in [5.74, 6) is -2.47. The number of ether oxygens (including phenoxy) is 1. The normalized spacial score (nSPS) is 14.4. The van der Waals surface area contributed by atoms with E-state index in [-0.39, 0.29) is 12.8 Å². The van der Waals surface area contributed by atoms with Crippen LogP contribution in [-0.4, -0.2) is 64.9 Å². The number of allylic oxidation sites excluding steroid dienone is 16. The molecule has 0 saturated heterocycles. The molecule has 0 heterocycles. The fraction of sp³-hybridized carbons (Fsp3) is 0.635. The molecule has 0 aromatic rings. The average Bonchev–Trinajstić information content (AvgIpc) is 3.27. The second-order valence-electron chi connectivity index (χ2n) is 15.9. The standard InChI is InChI=1S/C52H86NO10P/c1-3-5-7-9-11-13-15-17-19-21-22-23-24-25-26-28-29-31-33-35-37-39-41-43-50(55)53-49(52(57)58)47-63-64(59,60)62-46-48(54)45-61-51(56)44-42-40-38-36-34-32-30-27-20-18-16-14-12-10-8-6-4-2/h5,7,11,13,17-20,22-23,25-26,29,31,35,37,48-49,54H,3-4,6,8-10,12,14-16,21,24,27-28,30,32-34,36,38-47H2,1-2H3,(H,53,55)(H,57,58)(H,59,60)/b7-5-,13-11-,19-17-,20-18-,23-22-,26-25-,31-29-,37-35-. The van der Waals surface area contributed by atoms with E-state index in [9.17, 15) is 34.1 Å². The van der Waals surface area contributed by atoms with Crippen LogP contribution in [0.4, 0.5) is 0 Å². The van der Waals surface area contributed by atoms with Crippen LogP contribution in [0.5, 0.6) is 0 Å². The Bertz CT molecular complexity index is 1450. The number of rotatable bonds is 44. The Hall–Kier alpha value is -3.60. The fourth-order valence-corrected chi connectivity index (χ4v) is 6.89. The minimum absolute atomic E-state index is 0.0594. The first kappa shape index (κ1) is 60.4. The van der Waals surface area contributed by atoms with Crippen molar-refractivity contribution in [3.8, 4) is 0 Å². The van der Waals surface area contributed by atoms with Crippen molar-refractivity contribution in [3.05, 3.63) is 97.2 Å². The van der Waals surface area contributed by atoms with Crippen molar-refractivity contribution >= 4 is 25.7 Å². The maximum atomic E-state index is 12.3. The number of carbonyl (C=O) groups is 3. The lowest BCUT2D eigenvalue weighted by molar-refractivity contribution is -0.147. The highest BCUT2D eigenvalue weighted by molar-refractivity contribution is 7.47. The van der Waals surface area contributed by atoms with Gasteiger partial charge < -0.3 is 25.2 Å². The van der Waals surface area contributed by atoms with Gasteiger partial charge in [-0.1, -0.05) is 175 Å². The van der Waals surface area contributed by atoms with Gasteiger partial charge in [0.1, 0.15) is 12.7 Å². The third-order valence-electron chi connectivity index (χ3n) is 9.86. The Morgan fingerprint density at radius 3 is 1.41 bits per heavy atom. The molecule has 0 aliphatic carbocycles. The van der Waals surface area contributed by atoms with Crippen molar-refractivity contribution in [2.45, 2.75) is 193 Å². The third-order valence-corrected chi connectivity index (χ3v) is 10.8. The minimum Gasteiger partial charge on any atom is -0.480 e. The molecule has 0 spiro atoms. The van der Waals surface area contributed by atoms with E-state index in [2.05, 4.69) is 104 Å². The van der Waals surface area contributed by atoms with Gasteiger partial charge in [-0.15, -0.1) is 0 Å². The molecule has 0 aliphatic heterocycles. The molecule has 0 aliphatic rings. The summed E-state index contributed by atoms with van der Waals surface area (Å²) in [6, 6.07) is -1.59. The van der Waals surface area contributed by atoms with Crippen molar-refractivity contribution in [3.63, 3.8) is 0 Å². The zero-order valence-electron chi connectivity index (χ0n) is 39.5. The van der Waals surface area contributed by atoms with Gasteiger partial charge in [0.05, 0.1) is 13.2 Å². The molecular weight excluding hydrogens is 830 g/mol. The molecule has 3 unspecified atom stereocenters. The third kappa shape index (κ3) is 45.0. The maximum absolute atomic E-state index is 12.3. The summed E-state index contributed by atoms with van der Waals surface area (Å²) in [4.78, 5) is 46.0. The predicted molar refractivity (Wildman–Crippen MR) is 263 cm³/mol. The van der Waals surface area contributed by atoms with Crippen molar-refractivity contribution < 1.29 is 47.8 Å². The van der Waals surface area contributed by atoms with Gasteiger partial charge in [0, 0.05) is 12.8 Å². The molecule has 11 nitrogen and oxygen atoms in total. The SMILES string of the molecule is CC/C=C\C/C=C\C/C=C\C/C=C\C/C=C\C/C=C\C/C=C\CCCC(=O)NC(COP(=O)(O)OCC(O)COC(=O)CCCCCCCCC/C=C\CCCCCCCC)C(=O)O. The van der Waals surface area contributed by atoms with Crippen LogP contribution in [0.25, 0.3) is 0 Å². The van der Waals surface area contributed by atoms with Gasteiger partial charge in [-0.25, -0.2) is 9.36 Å². The first-order valence-corrected chi connectivity index (χ1v) is 25.8. The number of unbranched alkanes of at least 4 members (excludes halogenated alkanes) is 14.